The smallest absolute Gasteiger partial charge is 0.273 e. The van der Waals surface area contributed by atoms with Gasteiger partial charge in [-0.15, -0.1) is 6.58 Å². The summed E-state index contributed by atoms with van der Waals surface area (Å²) < 4.78 is 5.12. The number of hydrogen-bond acceptors (Lipinski definition) is 6. The first kappa shape index (κ1) is 19.6. The molecule has 8 heteroatoms. The van der Waals surface area contributed by atoms with Crippen LogP contribution in [-0.2, 0) is 17.6 Å². The van der Waals surface area contributed by atoms with E-state index in [2.05, 4.69) is 17.1 Å². The molecule has 140 valence electrons. The van der Waals surface area contributed by atoms with Crippen molar-refractivity contribution in [3.63, 3.8) is 0 Å². The molecule has 0 spiro atoms. The van der Waals surface area contributed by atoms with Crippen LogP contribution in [-0.4, -0.2) is 29.3 Å². The highest BCUT2D eigenvalue weighted by Crippen LogP contribution is 2.31. The normalized spacial score (nSPS) is 10.6. The lowest BCUT2D eigenvalue weighted by Gasteiger charge is -2.09. The topological polar surface area (TPSA) is 114 Å². The second kappa shape index (κ2) is 9.14. The molecule has 0 aromatic heterocycles. The van der Waals surface area contributed by atoms with E-state index in [0.29, 0.717) is 23.1 Å². The number of hydrogen-bond donors (Lipinski definition) is 2. The van der Waals surface area contributed by atoms with Gasteiger partial charge in [0, 0.05) is 17.2 Å². The predicted molar refractivity (Wildman–Crippen MR) is 101 cm³/mol. The second-order valence-electron chi connectivity index (χ2n) is 5.58. The van der Waals surface area contributed by atoms with Gasteiger partial charge >= 0.3 is 0 Å². The lowest BCUT2D eigenvalue weighted by Crippen LogP contribution is -2.20. The molecule has 0 heterocycles. The minimum atomic E-state index is -0.532. The highest BCUT2D eigenvalue weighted by atomic mass is 16.6. The molecule has 0 atom stereocenters. The van der Waals surface area contributed by atoms with Gasteiger partial charge in [0.05, 0.1) is 24.7 Å². The summed E-state index contributed by atoms with van der Waals surface area (Å²) in [5.74, 6) is -0.186. The Kier molecular flexibility index (Phi) is 6.65. The van der Waals surface area contributed by atoms with E-state index in [-0.39, 0.29) is 23.6 Å². The van der Waals surface area contributed by atoms with Gasteiger partial charge in [-0.2, -0.15) is 5.10 Å². The molecule has 2 rings (SSSR count). The fourth-order valence-electron chi connectivity index (χ4n) is 2.46. The molecule has 2 aromatic carbocycles. The summed E-state index contributed by atoms with van der Waals surface area (Å²) in [4.78, 5) is 22.4. The van der Waals surface area contributed by atoms with E-state index in [1.165, 1.54) is 31.5 Å². The molecule has 0 saturated carbocycles. The summed E-state index contributed by atoms with van der Waals surface area (Å²) in [5, 5.41) is 24.9. The Hall–Kier alpha value is -3.68. The van der Waals surface area contributed by atoms with Crippen LogP contribution < -0.4 is 10.2 Å². The number of nitro benzene ring substituents is 1. The van der Waals surface area contributed by atoms with Gasteiger partial charge in [-0.3, -0.25) is 14.9 Å². The number of allylic oxidation sites excluding steroid dienone is 1. The van der Waals surface area contributed by atoms with Crippen molar-refractivity contribution in [1.82, 2.24) is 5.43 Å². The standard InChI is InChI=1S/C19H19N3O5/c1-3-6-15-9-13(10-17(27-2)19(15)24)12-20-21-18(23)11-14-7-4-5-8-16(14)22(25)26/h3-5,7-10,12,24H,1,6,11H2,2H3,(H,21,23). The lowest BCUT2D eigenvalue weighted by molar-refractivity contribution is -0.385. The molecular formula is C19H19N3O5. The van der Waals surface area contributed by atoms with Crippen LogP contribution in [0.5, 0.6) is 11.5 Å². The van der Waals surface area contributed by atoms with Gasteiger partial charge in [0.25, 0.3) is 5.69 Å². The van der Waals surface area contributed by atoms with Crippen LogP contribution in [0.15, 0.2) is 54.2 Å². The van der Waals surface area contributed by atoms with E-state index < -0.39 is 10.8 Å². The van der Waals surface area contributed by atoms with Gasteiger partial charge in [0.1, 0.15) is 0 Å². The minimum Gasteiger partial charge on any atom is -0.504 e. The maximum Gasteiger partial charge on any atom is 0.273 e. The molecular weight excluding hydrogens is 350 g/mol. The number of methoxy groups -OCH3 is 1. The summed E-state index contributed by atoms with van der Waals surface area (Å²) in [7, 11) is 1.43. The van der Waals surface area contributed by atoms with Gasteiger partial charge < -0.3 is 9.84 Å². The number of rotatable bonds is 8. The number of nitrogens with one attached hydrogen (secondary N) is 1. The van der Waals surface area contributed by atoms with E-state index in [1.54, 1.807) is 24.3 Å². The number of para-hydroxylation sites is 1. The summed E-state index contributed by atoms with van der Waals surface area (Å²) >= 11 is 0. The van der Waals surface area contributed by atoms with Crippen molar-refractivity contribution in [2.45, 2.75) is 12.8 Å². The zero-order valence-electron chi connectivity index (χ0n) is 14.7. The number of phenolic OH excluding ortho intramolecular Hbond substituents is 1. The average Bonchev–Trinajstić information content (AvgIpc) is 2.64. The fourth-order valence-corrected chi connectivity index (χ4v) is 2.46. The van der Waals surface area contributed by atoms with Gasteiger partial charge in [0.2, 0.25) is 5.91 Å². The first-order chi connectivity index (χ1) is 13.0. The van der Waals surface area contributed by atoms with Gasteiger partial charge in [0.15, 0.2) is 11.5 Å². The Bertz CT molecular complexity index is 893. The van der Waals surface area contributed by atoms with Crippen LogP contribution in [0, 0.1) is 10.1 Å². The number of phenols is 1. The molecule has 0 unspecified atom stereocenters. The van der Waals surface area contributed by atoms with Crippen LogP contribution in [0.3, 0.4) is 0 Å². The number of aromatic hydroxyl groups is 1. The van der Waals surface area contributed by atoms with Crippen molar-refractivity contribution in [1.29, 1.82) is 0 Å². The van der Waals surface area contributed by atoms with E-state index in [0.717, 1.165) is 0 Å². The first-order valence-corrected chi connectivity index (χ1v) is 8.01. The highest BCUT2D eigenvalue weighted by molar-refractivity contribution is 5.84. The van der Waals surface area contributed by atoms with Crippen molar-refractivity contribution in [3.8, 4) is 11.5 Å². The Morgan fingerprint density at radius 1 is 1.37 bits per heavy atom. The highest BCUT2D eigenvalue weighted by Gasteiger charge is 2.15. The maximum atomic E-state index is 12.0. The maximum absolute atomic E-state index is 12.0. The molecule has 1 amide bonds. The third-order valence-electron chi connectivity index (χ3n) is 3.70. The molecule has 0 aliphatic rings. The number of carbonyl (C=O) groups is 1. The third kappa shape index (κ3) is 5.15. The third-order valence-corrected chi connectivity index (χ3v) is 3.70. The fraction of sp³-hybridized carbons (Fsp3) is 0.158. The SMILES string of the molecule is C=CCc1cc(C=NNC(=O)Cc2ccccc2[N+](=O)[O-])cc(OC)c1O. The number of hydrazone groups is 1. The molecule has 0 fully saturated rings. The van der Waals surface area contributed by atoms with Gasteiger partial charge in [-0.05, 0) is 24.1 Å². The minimum absolute atomic E-state index is 0.0231. The zero-order valence-corrected chi connectivity index (χ0v) is 14.7. The van der Waals surface area contributed by atoms with Crippen LogP contribution in [0.4, 0.5) is 5.69 Å². The molecule has 0 aliphatic heterocycles. The molecule has 2 N–H and O–H groups in total. The Morgan fingerprint density at radius 3 is 2.78 bits per heavy atom. The second-order valence-corrected chi connectivity index (χ2v) is 5.58. The lowest BCUT2D eigenvalue weighted by atomic mass is 10.1. The quantitative estimate of drug-likeness (QED) is 0.321. The molecule has 0 radical (unpaired) electrons. The van der Waals surface area contributed by atoms with Crippen molar-refractivity contribution in [2.24, 2.45) is 5.10 Å². The molecule has 8 nitrogen and oxygen atoms in total. The van der Waals surface area contributed by atoms with E-state index >= 15 is 0 Å². The summed E-state index contributed by atoms with van der Waals surface area (Å²) in [6.07, 6.45) is 3.30. The van der Waals surface area contributed by atoms with E-state index in [1.807, 2.05) is 0 Å². The predicted octanol–water partition coefficient (Wildman–Crippen LogP) is 2.73. The summed E-state index contributed by atoms with van der Waals surface area (Å²) in [5.41, 5.74) is 3.73. The van der Waals surface area contributed by atoms with Gasteiger partial charge in [-0.1, -0.05) is 24.3 Å². The Labute approximate surface area is 155 Å². The Balaban J connectivity index is 2.09. The van der Waals surface area contributed by atoms with Crippen LogP contribution in [0.1, 0.15) is 16.7 Å². The van der Waals surface area contributed by atoms with Crippen molar-refractivity contribution in [3.05, 3.63) is 75.9 Å². The van der Waals surface area contributed by atoms with E-state index in [4.69, 9.17) is 4.74 Å². The Morgan fingerprint density at radius 2 is 2.11 bits per heavy atom. The molecule has 0 aliphatic carbocycles. The number of ether oxygens (including phenoxy) is 1. The monoisotopic (exact) mass is 369 g/mol. The molecule has 27 heavy (non-hydrogen) atoms. The summed E-state index contributed by atoms with van der Waals surface area (Å²) in [6.45, 7) is 3.64. The number of nitro groups is 1. The number of nitrogens with zero attached hydrogens (tertiary/aromatic N) is 2. The van der Waals surface area contributed by atoms with E-state index in [9.17, 15) is 20.0 Å². The van der Waals surface area contributed by atoms with Crippen LogP contribution >= 0.6 is 0 Å². The largest absolute Gasteiger partial charge is 0.504 e. The molecule has 2 aromatic rings. The molecule has 0 saturated heterocycles. The number of carbonyl (C=O) groups excluding carboxylic acids is 1. The number of amides is 1. The number of benzene rings is 2. The average molecular weight is 369 g/mol. The first-order valence-electron chi connectivity index (χ1n) is 8.01. The van der Waals surface area contributed by atoms with Crippen molar-refractivity contribution in [2.75, 3.05) is 7.11 Å². The van der Waals surface area contributed by atoms with Crippen molar-refractivity contribution >= 4 is 17.8 Å². The zero-order chi connectivity index (χ0) is 19.8. The molecule has 0 bridgehead atoms. The van der Waals surface area contributed by atoms with Crippen molar-refractivity contribution < 1.29 is 19.6 Å². The van der Waals surface area contributed by atoms with Crippen LogP contribution in [0.25, 0.3) is 0 Å². The van der Waals surface area contributed by atoms with Crippen LogP contribution in [0.2, 0.25) is 0 Å². The summed E-state index contributed by atoms with van der Waals surface area (Å²) in [6, 6.07) is 9.29. The van der Waals surface area contributed by atoms with Gasteiger partial charge in [-0.25, -0.2) is 5.43 Å².